The van der Waals surface area contributed by atoms with Crippen LogP contribution in [-0.2, 0) is 9.59 Å². The fourth-order valence-corrected chi connectivity index (χ4v) is 3.25. The van der Waals surface area contributed by atoms with E-state index in [1.807, 2.05) is 38.1 Å². The highest BCUT2D eigenvalue weighted by molar-refractivity contribution is 6.17. The number of nitrogens with zero attached hydrogens (tertiary/aromatic N) is 2. The van der Waals surface area contributed by atoms with E-state index in [0.717, 1.165) is 11.1 Å². The van der Waals surface area contributed by atoms with Crippen molar-refractivity contribution in [2.24, 2.45) is 5.92 Å². The van der Waals surface area contributed by atoms with Crippen LogP contribution in [0.1, 0.15) is 36.6 Å². The van der Waals surface area contributed by atoms with Crippen molar-refractivity contribution in [2.45, 2.75) is 33.7 Å². The van der Waals surface area contributed by atoms with Crippen molar-refractivity contribution in [1.82, 2.24) is 4.98 Å². The predicted octanol–water partition coefficient (Wildman–Crippen LogP) is 3.82. The van der Waals surface area contributed by atoms with Crippen LogP contribution in [0.5, 0.6) is 0 Å². The van der Waals surface area contributed by atoms with Crippen LogP contribution in [-0.4, -0.2) is 21.8 Å². The molecule has 1 aliphatic heterocycles. The number of rotatable bonds is 4. The first-order chi connectivity index (χ1) is 12.3. The van der Waals surface area contributed by atoms with Gasteiger partial charge in [-0.2, -0.15) is 0 Å². The number of anilines is 1. The first-order valence-corrected chi connectivity index (χ1v) is 8.61. The SMILES string of the molecule is Cc1ccc(C)c(N2C(=O)C(O)=C(C(=O)C(C)C)C2c2cccnc2)c1. The lowest BCUT2D eigenvalue weighted by molar-refractivity contribution is -0.119. The fourth-order valence-electron chi connectivity index (χ4n) is 3.25. The molecule has 1 aromatic heterocycles. The van der Waals surface area contributed by atoms with Crippen LogP contribution in [0.15, 0.2) is 54.1 Å². The van der Waals surface area contributed by atoms with E-state index in [9.17, 15) is 14.7 Å². The Bertz CT molecular complexity index is 901. The molecule has 0 bridgehead atoms. The van der Waals surface area contributed by atoms with Gasteiger partial charge in [-0.25, -0.2) is 0 Å². The highest BCUT2D eigenvalue weighted by Crippen LogP contribution is 2.42. The van der Waals surface area contributed by atoms with Crippen molar-refractivity contribution in [3.8, 4) is 0 Å². The summed E-state index contributed by atoms with van der Waals surface area (Å²) < 4.78 is 0. The van der Waals surface area contributed by atoms with Gasteiger partial charge in [0.2, 0.25) is 0 Å². The lowest BCUT2D eigenvalue weighted by Crippen LogP contribution is -2.32. The number of amides is 1. The maximum atomic E-state index is 12.9. The Kier molecular flexibility index (Phi) is 4.64. The van der Waals surface area contributed by atoms with Gasteiger partial charge in [-0.05, 0) is 42.7 Å². The van der Waals surface area contributed by atoms with Crippen LogP contribution in [0.25, 0.3) is 0 Å². The van der Waals surface area contributed by atoms with Gasteiger partial charge in [0.05, 0.1) is 11.6 Å². The van der Waals surface area contributed by atoms with E-state index >= 15 is 0 Å². The number of carbonyl (C=O) groups excluding carboxylic acids is 2. The first-order valence-electron chi connectivity index (χ1n) is 8.61. The summed E-state index contributed by atoms with van der Waals surface area (Å²) in [4.78, 5) is 31.4. The van der Waals surface area contributed by atoms with E-state index in [-0.39, 0.29) is 17.3 Å². The van der Waals surface area contributed by atoms with Gasteiger partial charge in [0, 0.05) is 24.0 Å². The van der Waals surface area contributed by atoms with Crippen LogP contribution in [0.4, 0.5) is 5.69 Å². The minimum atomic E-state index is -0.688. The molecule has 5 heteroatoms. The molecule has 0 radical (unpaired) electrons. The van der Waals surface area contributed by atoms with E-state index in [2.05, 4.69) is 4.98 Å². The van der Waals surface area contributed by atoms with Gasteiger partial charge in [-0.15, -0.1) is 0 Å². The Hall–Kier alpha value is -2.95. The van der Waals surface area contributed by atoms with Crippen LogP contribution in [0.2, 0.25) is 0 Å². The number of hydrogen-bond acceptors (Lipinski definition) is 4. The third-order valence-electron chi connectivity index (χ3n) is 4.62. The van der Waals surface area contributed by atoms with Gasteiger partial charge in [0.15, 0.2) is 11.5 Å². The van der Waals surface area contributed by atoms with Crippen LogP contribution < -0.4 is 4.90 Å². The molecule has 26 heavy (non-hydrogen) atoms. The molecule has 0 spiro atoms. The highest BCUT2D eigenvalue weighted by atomic mass is 16.3. The lowest BCUT2D eigenvalue weighted by Gasteiger charge is -2.28. The molecule has 1 amide bonds. The Labute approximate surface area is 153 Å². The molecule has 3 rings (SSSR count). The summed E-state index contributed by atoms with van der Waals surface area (Å²) in [6, 6.07) is 8.67. The Morgan fingerprint density at radius 1 is 1.23 bits per heavy atom. The predicted molar refractivity (Wildman–Crippen MR) is 99.9 cm³/mol. The van der Waals surface area contributed by atoms with Gasteiger partial charge < -0.3 is 5.11 Å². The maximum Gasteiger partial charge on any atom is 0.294 e. The molecule has 1 atom stereocenters. The summed E-state index contributed by atoms with van der Waals surface area (Å²) in [5.74, 6) is -1.61. The zero-order valence-electron chi connectivity index (χ0n) is 15.4. The number of carbonyl (C=O) groups is 2. The molecular weight excluding hydrogens is 328 g/mol. The van der Waals surface area contributed by atoms with E-state index in [1.165, 1.54) is 4.90 Å². The topological polar surface area (TPSA) is 70.5 Å². The number of Topliss-reactive ketones (excluding diaryl/α,β-unsaturated/α-hetero) is 1. The molecular formula is C21H22N2O3. The minimum Gasteiger partial charge on any atom is -0.503 e. The average Bonchev–Trinajstić information content (AvgIpc) is 2.88. The summed E-state index contributed by atoms with van der Waals surface area (Å²) in [7, 11) is 0. The lowest BCUT2D eigenvalue weighted by atomic mass is 9.91. The standard InChI is InChI=1S/C21H22N2O3/c1-12(2)19(24)17-18(15-6-5-9-22-11-15)23(21(26)20(17)25)16-10-13(3)7-8-14(16)4/h5-12,18,25H,1-4H3. The third kappa shape index (κ3) is 2.90. The Morgan fingerprint density at radius 3 is 2.58 bits per heavy atom. The number of hydrogen-bond donors (Lipinski definition) is 1. The summed E-state index contributed by atoms with van der Waals surface area (Å²) >= 11 is 0. The Balaban J connectivity index is 2.23. The summed E-state index contributed by atoms with van der Waals surface area (Å²) in [5.41, 5.74) is 3.39. The van der Waals surface area contributed by atoms with Crippen LogP contribution in [0.3, 0.4) is 0 Å². The second-order valence-corrected chi connectivity index (χ2v) is 6.94. The highest BCUT2D eigenvalue weighted by Gasteiger charge is 2.45. The van der Waals surface area contributed by atoms with E-state index < -0.39 is 17.7 Å². The molecule has 1 aromatic carbocycles. The molecule has 0 fully saturated rings. The quantitative estimate of drug-likeness (QED) is 0.910. The number of aliphatic hydroxyl groups excluding tert-OH is 1. The molecule has 0 aliphatic carbocycles. The molecule has 2 aromatic rings. The molecule has 1 aliphatic rings. The van der Waals surface area contributed by atoms with E-state index in [1.54, 1.807) is 32.3 Å². The number of benzene rings is 1. The summed E-state index contributed by atoms with van der Waals surface area (Å²) in [5, 5.41) is 10.5. The molecule has 0 saturated heterocycles. The van der Waals surface area contributed by atoms with Gasteiger partial charge in [-0.1, -0.05) is 32.0 Å². The number of aliphatic hydroxyl groups is 1. The largest absolute Gasteiger partial charge is 0.503 e. The molecule has 5 nitrogen and oxygen atoms in total. The number of ketones is 1. The van der Waals surface area contributed by atoms with Gasteiger partial charge in [-0.3, -0.25) is 19.5 Å². The number of aryl methyl sites for hydroxylation is 2. The fraction of sp³-hybridized carbons (Fsp3) is 0.286. The second kappa shape index (κ2) is 6.75. The normalized spacial score (nSPS) is 17.3. The zero-order valence-corrected chi connectivity index (χ0v) is 15.4. The number of aromatic nitrogens is 1. The summed E-state index contributed by atoms with van der Waals surface area (Å²) in [6.07, 6.45) is 3.26. The number of pyridine rings is 1. The summed E-state index contributed by atoms with van der Waals surface area (Å²) in [6.45, 7) is 7.36. The first kappa shape index (κ1) is 17.9. The smallest absolute Gasteiger partial charge is 0.294 e. The third-order valence-corrected chi connectivity index (χ3v) is 4.62. The minimum absolute atomic E-state index is 0.138. The average molecular weight is 350 g/mol. The van der Waals surface area contributed by atoms with E-state index in [4.69, 9.17) is 0 Å². The molecule has 1 unspecified atom stereocenters. The van der Waals surface area contributed by atoms with Crippen molar-refractivity contribution in [3.05, 3.63) is 70.7 Å². The van der Waals surface area contributed by atoms with Crippen LogP contribution in [0, 0.1) is 19.8 Å². The van der Waals surface area contributed by atoms with Crippen molar-refractivity contribution >= 4 is 17.4 Å². The van der Waals surface area contributed by atoms with E-state index in [0.29, 0.717) is 11.3 Å². The van der Waals surface area contributed by atoms with Crippen molar-refractivity contribution < 1.29 is 14.7 Å². The zero-order chi connectivity index (χ0) is 19.0. The van der Waals surface area contributed by atoms with Crippen molar-refractivity contribution in [1.29, 1.82) is 0 Å². The van der Waals surface area contributed by atoms with Crippen LogP contribution >= 0.6 is 0 Å². The Morgan fingerprint density at radius 2 is 1.96 bits per heavy atom. The molecule has 0 saturated carbocycles. The van der Waals surface area contributed by atoms with Gasteiger partial charge >= 0.3 is 0 Å². The molecule has 2 heterocycles. The monoisotopic (exact) mass is 350 g/mol. The second-order valence-electron chi connectivity index (χ2n) is 6.94. The van der Waals surface area contributed by atoms with Gasteiger partial charge in [0.25, 0.3) is 5.91 Å². The van der Waals surface area contributed by atoms with Crippen molar-refractivity contribution in [2.75, 3.05) is 4.90 Å². The van der Waals surface area contributed by atoms with Crippen molar-refractivity contribution in [3.63, 3.8) is 0 Å². The molecule has 134 valence electrons. The molecule has 1 N–H and O–H groups in total. The van der Waals surface area contributed by atoms with Gasteiger partial charge in [0.1, 0.15) is 0 Å². The maximum absolute atomic E-state index is 12.9.